The lowest BCUT2D eigenvalue weighted by molar-refractivity contribution is 0.0203. The van der Waals surface area contributed by atoms with Crippen molar-refractivity contribution in [1.29, 1.82) is 0 Å². The Labute approximate surface area is 121 Å². The molecule has 2 unspecified atom stereocenters. The number of aliphatic hydroxyl groups is 2. The van der Waals surface area contributed by atoms with Crippen molar-refractivity contribution in [3.8, 4) is 0 Å². The van der Waals surface area contributed by atoms with Crippen molar-refractivity contribution in [1.82, 2.24) is 5.32 Å². The molecule has 3 N–H and O–H groups in total. The summed E-state index contributed by atoms with van der Waals surface area (Å²) in [6, 6.07) is 14.1. The number of rotatable bonds is 4. The molecule has 3 rings (SSSR count). The lowest BCUT2D eigenvalue weighted by Crippen LogP contribution is -2.29. The summed E-state index contributed by atoms with van der Waals surface area (Å²) in [6.45, 7) is 0.365. The monoisotopic (exact) mass is 287 g/mol. The first-order valence-electron chi connectivity index (χ1n) is 6.62. The topological polar surface area (TPSA) is 52.5 Å². The normalized spacial score (nSPS) is 14.8. The number of nitrogens with one attached hydrogen (secondary N) is 1. The molecule has 0 fully saturated rings. The first-order chi connectivity index (χ1) is 9.70. The predicted octanol–water partition coefficient (Wildman–Crippen LogP) is 2.67. The van der Waals surface area contributed by atoms with Crippen LogP contribution < -0.4 is 5.32 Å². The van der Waals surface area contributed by atoms with Crippen LogP contribution in [0.2, 0.25) is 0 Å². The third-order valence-electron chi connectivity index (χ3n) is 3.52. The minimum atomic E-state index is -0.870. The van der Waals surface area contributed by atoms with Gasteiger partial charge in [-0.25, -0.2) is 0 Å². The van der Waals surface area contributed by atoms with Gasteiger partial charge in [-0.15, -0.1) is 11.3 Å². The van der Waals surface area contributed by atoms with Crippen molar-refractivity contribution in [3.05, 3.63) is 48.0 Å². The SMILES string of the molecule is CNCC(O)C(O)c1ccc2sc3ccccc3c2c1. The zero-order valence-electron chi connectivity index (χ0n) is 11.2. The molecule has 4 heteroatoms. The van der Waals surface area contributed by atoms with Gasteiger partial charge in [0.15, 0.2) is 0 Å². The van der Waals surface area contributed by atoms with Gasteiger partial charge in [-0.2, -0.15) is 0 Å². The van der Waals surface area contributed by atoms with Gasteiger partial charge in [0.25, 0.3) is 0 Å². The van der Waals surface area contributed by atoms with Crippen LogP contribution >= 0.6 is 11.3 Å². The van der Waals surface area contributed by atoms with E-state index in [9.17, 15) is 10.2 Å². The third kappa shape index (κ3) is 2.31. The maximum Gasteiger partial charge on any atom is 0.106 e. The molecule has 20 heavy (non-hydrogen) atoms. The highest BCUT2D eigenvalue weighted by Crippen LogP contribution is 2.35. The highest BCUT2D eigenvalue weighted by Gasteiger charge is 2.18. The summed E-state index contributed by atoms with van der Waals surface area (Å²) in [6.07, 6.45) is -1.67. The van der Waals surface area contributed by atoms with Gasteiger partial charge in [0, 0.05) is 26.7 Å². The number of aliphatic hydroxyl groups excluding tert-OH is 2. The van der Waals surface area contributed by atoms with Crippen LogP contribution in [0, 0.1) is 0 Å². The molecule has 0 aliphatic heterocycles. The molecule has 0 saturated carbocycles. The predicted molar refractivity (Wildman–Crippen MR) is 84.2 cm³/mol. The summed E-state index contributed by atoms with van der Waals surface area (Å²) >= 11 is 1.74. The molecular formula is C16H17NO2S. The summed E-state index contributed by atoms with van der Waals surface area (Å²) in [5.41, 5.74) is 0.754. The summed E-state index contributed by atoms with van der Waals surface area (Å²) in [5.74, 6) is 0. The summed E-state index contributed by atoms with van der Waals surface area (Å²) in [4.78, 5) is 0. The Morgan fingerprint density at radius 2 is 1.80 bits per heavy atom. The summed E-state index contributed by atoms with van der Waals surface area (Å²) < 4.78 is 2.44. The van der Waals surface area contributed by atoms with Crippen molar-refractivity contribution in [2.75, 3.05) is 13.6 Å². The van der Waals surface area contributed by atoms with Crippen molar-refractivity contribution < 1.29 is 10.2 Å². The molecule has 2 aromatic carbocycles. The van der Waals surface area contributed by atoms with E-state index >= 15 is 0 Å². The van der Waals surface area contributed by atoms with Crippen LogP contribution in [0.25, 0.3) is 20.2 Å². The van der Waals surface area contributed by atoms with E-state index in [0.29, 0.717) is 6.54 Å². The zero-order valence-corrected chi connectivity index (χ0v) is 12.0. The molecule has 0 aliphatic rings. The van der Waals surface area contributed by atoms with Gasteiger partial charge in [-0.1, -0.05) is 24.3 Å². The van der Waals surface area contributed by atoms with E-state index in [1.165, 1.54) is 14.8 Å². The lowest BCUT2D eigenvalue weighted by atomic mass is 10.0. The fraction of sp³-hybridized carbons (Fsp3) is 0.250. The fourth-order valence-corrected chi connectivity index (χ4v) is 3.56. The van der Waals surface area contributed by atoms with Crippen molar-refractivity contribution in [2.24, 2.45) is 0 Å². The first kappa shape index (κ1) is 13.5. The average Bonchev–Trinajstić information content (AvgIpc) is 2.84. The highest BCUT2D eigenvalue weighted by atomic mass is 32.1. The average molecular weight is 287 g/mol. The molecule has 0 bridgehead atoms. The van der Waals surface area contributed by atoms with E-state index in [0.717, 1.165) is 10.9 Å². The second-order valence-corrected chi connectivity index (χ2v) is 6.01. The van der Waals surface area contributed by atoms with E-state index in [1.54, 1.807) is 18.4 Å². The molecule has 0 aliphatic carbocycles. The van der Waals surface area contributed by atoms with Crippen LogP contribution in [0.5, 0.6) is 0 Å². The Balaban J connectivity index is 2.07. The van der Waals surface area contributed by atoms with Gasteiger partial charge >= 0.3 is 0 Å². The molecule has 1 aromatic heterocycles. The lowest BCUT2D eigenvalue weighted by Gasteiger charge is -2.17. The smallest absolute Gasteiger partial charge is 0.106 e. The van der Waals surface area contributed by atoms with E-state index < -0.39 is 12.2 Å². The van der Waals surface area contributed by atoms with Crippen LogP contribution in [-0.2, 0) is 0 Å². The molecule has 0 saturated heterocycles. The molecule has 3 nitrogen and oxygen atoms in total. The number of likely N-dealkylation sites (N-methyl/N-ethyl adjacent to an activating group) is 1. The first-order valence-corrected chi connectivity index (χ1v) is 7.44. The van der Waals surface area contributed by atoms with Crippen LogP contribution in [0.15, 0.2) is 42.5 Å². The molecule has 0 radical (unpaired) electrons. The fourth-order valence-electron chi connectivity index (χ4n) is 2.47. The Morgan fingerprint density at radius 3 is 2.60 bits per heavy atom. The third-order valence-corrected chi connectivity index (χ3v) is 4.67. The van der Waals surface area contributed by atoms with Gasteiger partial charge in [0.2, 0.25) is 0 Å². The molecule has 1 heterocycles. The minimum absolute atomic E-state index is 0.365. The second kappa shape index (κ2) is 5.50. The van der Waals surface area contributed by atoms with Gasteiger partial charge < -0.3 is 15.5 Å². The Hall–Kier alpha value is -1.46. The standard InChI is InChI=1S/C16H17NO2S/c1-17-9-13(18)16(19)10-6-7-15-12(8-10)11-4-2-3-5-14(11)20-15/h2-8,13,16-19H,9H2,1H3. The molecule has 104 valence electrons. The Morgan fingerprint density at radius 1 is 1.05 bits per heavy atom. The van der Waals surface area contributed by atoms with Crippen molar-refractivity contribution in [2.45, 2.75) is 12.2 Å². The molecule has 2 atom stereocenters. The number of thiophene rings is 1. The molecule has 0 amide bonds. The minimum Gasteiger partial charge on any atom is -0.389 e. The maximum absolute atomic E-state index is 10.2. The second-order valence-electron chi connectivity index (χ2n) is 4.92. The van der Waals surface area contributed by atoms with E-state index in [1.807, 2.05) is 30.3 Å². The van der Waals surface area contributed by atoms with Crippen LogP contribution in [0.4, 0.5) is 0 Å². The van der Waals surface area contributed by atoms with Crippen LogP contribution in [0.1, 0.15) is 11.7 Å². The van der Waals surface area contributed by atoms with E-state index in [4.69, 9.17) is 0 Å². The largest absolute Gasteiger partial charge is 0.389 e. The molecule has 0 spiro atoms. The molecular weight excluding hydrogens is 270 g/mol. The van der Waals surface area contributed by atoms with Gasteiger partial charge in [-0.05, 0) is 30.8 Å². The Bertz CT molecular complexity index is 738. The summed E-state index contributed by atoms with van der Waals surface area (Å²) in [7, 11) is 1.76. The number of hydrogen-bond donors (Lipinski definition) is 3. The highest BCUT2D eigenvalue weighted by molar-refractivity contribution is 7.25. The van der Waals surface area contributed by atoms with Gasteiger partial charge in [0.1, 0.15) is 6.10 Å². The summed E-state index contributed by atoms with van der Waals surface area (Å²) in [5, 5.41) is 25.3. The maximum atomic E-state index is 10.2. The van der Waals surface area contributed by atoms with E-state index in [-0.39, 0.29) is 0 Å². The quantitative estimate of drug-likeness (QED) is 0.691. The van der Waals surface area contributed by atoms with Gasteiger partial charge in [-0.3, -0.25) is 0 Å². The van der Waals surface area contributed by atoms with Crippen LogP contribution in [-0.4, -0.2) is 29.9 Å². The Kier molecular flexibility index (Phi) is 3.72. The number of hydrogen-bond acceptors (Lipinski definition) is 4. The van der Waals surface area contributed by atoms with Crippen LogP contribution in [0.3, 0.4) is 0 Å². The zero-order chi connectivity index (χ0) is 14.1. The van der Waals surface area contributed by atoms with Crippen molar-refractivity contribution in [3.63, 3.8) is 0 Å². The number of benzene rings is 2. The van der Waals surface area contributed by atoms with Gasteiger partial charge in [0.05, 0.1) is 6.10 Å². The number of fused-ring (bicyclic) bond motifs is 3. The van der Waals surface area contributed by atoms with E-state index in [2.05, 4.69) is 17.4 Å². The molecule has 3 aromatic rings. The van der Waals surface area contributed by atoms with Crippen molar-refractivity contribution >= 4 is 31.5 Å².